The lowest BCUT2D eigenvalue weighted by molar-refractivity contribution is -0.160. The predicted octanol–water partition coefficient (Wildman–Crippen LogP) is 14.6. The van der Waals surface area contributed by atoms with E-state index in [0.717, 1.165) is 119 Å². The van der Waals surface area contributed by atoms with Crippen molar-refractivity contribution in [2.75, 3.05) is 0 Å². The first kappa shape index (κ1) is 39.5. The summed E-state index contributed by atoms with van der Waals surface area (Å²) in [5, 5.41) is 0. The maximum Gasteiger partial charge on any atom is 0.0132 e. The Morgan fingerprint density at radius 2 is 0.552 bits per heavy atom. The summed E-state index contributed by atoms with van der Waals surface area (Å²) in [6, 6.07) is 5.64. The summed E-state index contributed by atoms with van der Waals surface area (Å²) in [7, 11) is 0. The fraction of sp³-hybridized carbons (Fsp3) is 1.00. The molecule has 12 aliphatic rings. The maximum atomic E-state index is 3.54. The van der Waals surface area contributed by atoms with Crippen LogP contribution in [0.3, 0.4) is 0 Å². The molecule has 58 heavy (non-hydrogen) atoms. The highest BCUT2D eigenvalue weighted by atomic mass is 15.2. The zero-order valence-electron chi connectivity index (χ0n) is 37.9. The third kappa shape index (κ3) is 7.12. The standard InChI is InChI=1S/C56H92N2/c1-3-19-45(20-4-1)57(51-23-11-17-43-33-39-13-7-9-15-41(39)35-49(43)51)53-31-27-37-26-30-48-54(32-28-38-25-29-47(53)55(37)56(38)48)58(46-21-5-2-6-22-46)52-24-12-18-44-34-40-14-8-10-16-42(40)36-50(44)52/h37-56H,1-36H2. The molecule has 0 aromatic rings. The second-order valence-corrected chi connectivity index (χ2v) is 25.3. The largest absolute Gasteiger partial charge is 0.294 e. The zero-order valence-corrected chi connectivity index (χ0v) is 37.9. The molecule has 0 radical (unpaired) electrons. The minimum absolute atomic E-state index is 0.930. The highest BCUT2D eigenvalue weighted by molar-refractivity contribution is 5.11. The van der Waals surface area contributed by atoms with Gasteiger partial charge in [0.1, 0.15) is 0 Å². The van der Waals surface area contributed by atoms with Gasteiger partial charge < -0.3 is 0 Å². The van der Waals surface area contributed by atoms with Crippen LogP contribution in [-0.4, -0.2) is 46.1 Å². The summed E-state index contributed by atoms with van der Waals surface area (Å²) < 4.78 is 0. The lowest BCUT2D eigenvalue weighted by Crippen LogP contribution is -2.66. The van der Waals surface area contributed by atoms with E-state index in [2.05, 4.69) is 9.80 Å². The molecule has 2 nitrogen and oxygen atoms in total. The molecule has 0 aromatic heterocycles. The summed E-state index contributed by atoms with van der Waals surface area (Å²) in [6.45, 7) is 0. The summed E-state index contributed by atoms with van der Waals surface area (Å²) in [5.74, 6) is 15.1. The summed E-state index contributed by atoms with van der Waals surface area (Å²) in [5.41, 5.74) is 0. The van der Waals surface area contributed by atoms with Crippen molar-refractivity contribution < 1.29 is 0 Å². The Bertz CT molecular complexity index is 1260. The van der Waals surface area contributed by atoms with Crippen molar-refractivity contribution in [1.29, 1.82) is 0 Å². The van der Waals surface area contributed by atoms with E-state index in [1.165, 1.54) is 38.5 Å². The molecule has 0 saturated heterocycles. The van der Waals surface area contributed by atoms with Crippen molar-refractivity contribution in [2.24, 2.45) is 82.9 Å². The fourth-order valence-corrected chi connectivity index (χ4v) is 21.3. The second kappa shape index (κ2) is 17.1. The van der Waals surface area contributed by atoms with Crippen molar-refractivity contribution in [1.82, 2.24) is 9.80 Å². The molecule has 0 N–H and O–H groups in total. The van der Waals surface area contributed by atoms with E-state index in [1.807, 2.05) is 0 Å². The van der Waals surface area contributed by atoms with Crippen LogP contribution in [0.15, 0.2) is 0 Å². The van der Waals surface area contributed by atoms with Crippen LogP contribution in [0.4, 0.5) is 0 Å². The van der Waals surface area contributed by atoms with Crippen LogP contribution in [0.1, 0.15) is 231 Å². The van der Waals surface area contributed by atoms with E-state index in [4.69, 9.17) is 0 Å². The van der Waals surface area contributed by atoms with Crippen molar-refractivity contribution >= 4 is 0 Å². The normalized spacial score (nSPS) is 51.2. The molecular formula is C56H92N2. The number of fused-ring (bicyclic) bond motifs is 4. The van der Waals surface area contributed by atoms with Crippen molar-refractivity contribution in [3.8, 4) is 0 Å². The average Bonchev–Trinajstić information content (AvgIpc) is 3.28. The smallest absolute Gasteiger partial charge is 0.0132 e. The molecule has 12 saturated carbocycles. The van der Waals surface area contributed by atoms with E-state index in [0.29, 0.717) is 0 Å². The van der Waals surface area contributed by atoms with Gasteiger partial charge in [-0.3, -0.25) is 9.80 Å². The third-order valence-electron chi connectivity index (χ3n) is 23.3. The van der Waals surface area contributed by atoms with Gasteiger partial charge in [0.05, 0.1) is 0 Å². The molecule has 0 spiro atoms. The lowest BCUT2D eigenvalue weighted by atomic mass is 9.46. The Kier molecular flexibility index (Phi) is 11.7. The van der Waals surface area contributed by atoms with E-state index in [-0.39, 0.29) is 0 Å². The van der Waals surface area contributed by atoms with Gasteiger partial charge in [-0.15, -0.1) is 0 Å². The number of hydrogen-bond acceptors (Lipinski definition) is 2. The lowest BCUT2D eigenvalue weighted by Gasteiger charge is -2.65. The van der Waals surface area contributed by atoms with Crippen LogP contribution < -0.4 is 0 Å². The van der Waals surface area contributed by atoms with E-state index in [1.54, 1.807) is 193 Å². The van der Waals surface area contributed by atoms with E-state index >= 15 is 0 Å². The van der Waals surface area contributed by atoms with Gasteiger partial charge in [0, 0.05) is 36.3 Å². The SMILES string of the molecule is C1CCC(N(C2CCCC3CC4CCCCC4CC32)C2CCC3CCC4C5C(CCC2C35)CCC4N(C2CCCCC2)C2CCCC3CC4CCCCC4CC32)CC1. The van der Waals surface area contributed by atoms with Gasteiger partial charge in [0.2, 0.25) is 0 Å². The van der Waals surface area contributed by atoms with Crippen LogP contribution in [0.2, 0.25) is 0 Å². The first-order valence-corrected chi connectivity index (χ1v) is 28.3. The number of rotatable bonds is 6. The van der Waals surface area contributed by atoms with Crippen LogP contribution in [0, 0.1) is 82.9 Å². The minimum atomic E-state index is 0.930. The third-order valence-corrected chi connectivity index (χ3v) is 23.3. The molecule has 0 aromatic carbocycles. The molecule has 0 aliphatic heterocycles. The molecule has 12 aliphatic carbocycles. The minimum Gasteiger partial charge on any atom is -0.294 e. The van der Waals surface area contributed by atoms with Crippen LogP contribution in [0.25, 0.3) is 0 Å². The molecule has 0 bridgehead atoms. The molecule has 18 unspecified atom stereocenters. The molecule has 12 fully saturated rings. The van der Waals surface area contributed by atoms with Crippen LogP contribution in [-0.2, 0) is 0 Å². The van der Waals surface area contributed by atoms with Crippen molar-refractivity contribution in [2.45, 2.75) is 267 Å². The fourth-order valence-electron chi connectivity index (χ4n) is 21.3. The molecular weight excluding hydrogens is 701 g/mol. The Labute approximate surface area is 358 Å². The first-order chi connectivity index (χ1) is 28.8. The highest BCUT2D eigenvalue weighted by Gasteiger charge is 2.60. The Morgan fingerprint density at radius 1 is 0.207 bits per heavy atom. The van der Waals surface area contributed by atoms with Crippen molar-refractivity contribution in [3.63, 3.8) is 0 Å². The predicted molar refractivity (Wildman–Crippen MR) is 241 cm³/mol. The van der Waals surface area contributed by atoms with Gasteiger partial charge in [-0.25, -0.2) is 0 Å². The molecule has 0 heterocycles. The van der Waals surface area contributed by atoms with Gasteiger partial charge in [0.15, 0.2) is 0 Å². The van der Waals surface area contributed by atoms with Gasteiger partial charge in [-0.1, -0.05) is 116 Å². The van der Waals surface area contributed by atoms with E-state index in [9.17, 15) is 0 Å². The van der Waals surface area contributed by atoms with Gasteiger partial charge in [0.25, 0.3) is 0 Å². The summed E-state index contributed by atoms with van der Waals surface area (Å²) in [4.78, 5) is 7.09. The number of nitrogens with zero attached hydrogens (tertiary/aromatic N) is 2. The summed E-state index contributed by atoms with van der Waals surface area (Å²) >= 11 is 0. The average molecular weight is 793 g/mol. The zero-order chi connectivity index (χ0) is 38.2. The van der Waals surface area contributed by atoms with Crippen molar-refractivity contribution in [3.05, 3.63) is 0 Å². The second-order valence-electron chi connectivity index (χ2n) is 25.3. The molecule has 2 heteroatoms. The maximum absolute atomic E-state index is 3.54. The van der Waals surface area contributed by atoms with Gasteiger partial charge in [-0.05, 0) is 198 Å². The molecule has 12 rings (SSSR count). The van der Waals surface area contributed by atoms with Gasteiger partial charge in [-0.2, -0.15) is 0 Å². The Morgan fingerprint density at radius 3 is 0.983 bits per heavy atom. The van der Waals surface area contributed by atoms with Gasteiger partial charge >= 0.3 is 0 Å². The first-order valence-electron chi connectivity index (χ1n) is 28.3. The molecule has 326 valence electrons. The topological polar surface area (TPSA) is 6.48 Å². The Balaban J connectivity index is 0.849. The van der Waals surface area contributed by atoms with Crippen LogP contribution in [0.5, 0.6) is 0 Å². The Hall–Kier alpha value is -0.0800. The molecule has 18 atom stereocenters. The monoisotopic (exact) mass is 793 g/mol. The highest BCUT2D eigenvalue weighted by Crippen LogP contribution is 2.63. The quantitative estimate of drug-likeness (QED) is 0.264. The summed E-state index contributed by atoms with van der Waals surface area (Å²) in [6.07, 6.45) is 56.9. The van der Waals surface area contributed by atoms with E-state index < -0.39 is 0 Å². The van der Waals surface area contributed by atoms with Crippen LogP contribution >= 0.6 is 0 Å². The molecule has 0 amide bonds. The number of hydrogen-bond donors (Lipinski definition) is 0.